The largest absolute Gasteiger partial charge is 0.465 e. The molecule has 0 bridgehead atoms. The smallest absolute Gasteiger partial charge is 0.337 e. The van der Waals surface area contributed by atoms with Crippen LogP contribution in [0.15, 0.2) is 70.7 Å². The minimum atomic E-state index is -0.838. The van der Waals surface area contributed by atoms with Gasteiger partial charge < -0.3 is 9.15 Å². The highest BCUT2D eigenvalue weighted by molar-refractivity contribution is 6.39. The molecule has 4 amide bonds. The van der Waals surface area contributed by atoms with Crippen LogP contribution in [-0.2, 0) is 14.3 Å². The maximum atomic E-state index is 12.9. The predicted molar refractivity (Wildman–Crippen MR) is 116 cm³/mol. The fourth-order valence-electron chi connectivity index (χ4n) is 3.15. The molecule has 1 aromatic heterocycles. The number of amides is 4. The summed E-state index contributed by atoms with van der Waals surface area (Å²) >= 11 is 6.24. The number of para-hydroxylation sites is 1. The number of halogens is 1. The molecule has 160 valence electrons. The molecular weight excluding hydrogens is 436 g/mol. The van der Waals surface area contributed by atoms with Crippen LogP contribution in [0.2, 0.25) is 5.02 Å². The lowest BCUT2D eigenvalue weighted by molar-refractivity contribution is -0.122. The zero-order valence-corrected chi connectivity index (χ0v) is 17.4. The van der Waals surface area contributed by atoms with Crippen LogP contribution in [0.1, 0.15) is 16.1 Å². The van der Waals surface area contributed by atoms with Crippen LogP contribution in [-0.4, -0.2) is 30.9 Å². The Hall–Kier alpha value is -4.17. The Morgan fingerprint density at radius 2 is 1.81 bits per heavy atom. The molecule has 9 heteroatoms. The van der Waals surface area contributed by atoms with Gasteiger partial charge in [0.15, 0.2) is 0 Å². The molecule has 0 spiro atoms. The zero-order valence-electron chi connectivity index (χ0n) is 16.6. The summed E-state index contributed by atoms with van der Waals surface area (Å²) in [6.45, 7) is 0. The van der Waals surface area contributed by atoms with Gasteiger partial charge in [-0.2, -0.15) is 0 Å². The van der Waals surface area contributed by atoms with Crippen molar-refractivity contribution in [1.82, 2.24) is 5.32 Å². The highest BCUT2D eigenvalue weighted by Gasteiger charge is 2.37. The van der Waals surface area contributed by atoms with E-state index in [2.05, 4.69) is 5.32 Å². The van der Waals surface area contributed by atoms with Gasteiger partial charge in [-0.05, 0) is 48.5 Å². The number of urea groups is 1. The van der Waals surface area contributed by atoms with E-state index in [9.17, 15) is 19.2 Å². The van der Waals surface area contributed by atoms with Gasteiger partial charge in [0.25, 0.3) is 11.8 Å². The van der Waals surface area contributed by atoms with E-state index in [-0.39, 0.29) is 16.9 Å². The number of barbiturate groups is 1. The normalized spacial score (nSPS) is 15.1. The Balaban J connectivity index is 1.68. The molecule has 2 heterocycles. The first-order valence-electron chi connectivity index (χ1n) is 9.33. The maximum absolute atomic E-state index is 12.9. The average molecular weight is 451 g/mol. The molecule has 4 rings (SSSR count). The second-order valence-corrected chi connectivity index (χ2v) is 7.09. The number of nitrogens with one attached hydrogen (secondary N) is 1. The first-order chi connectivity index (χ1) is 15.4. The number of hydrogen-bond acceptors (Lipinski definition) is 6. The highest BCUT2D eigenvalue weighted by atomic mass is 35.5. The number of furan rings is 1. The molecule has 1 saturated heterocycles. The third kappa shape index (κ3) is 3.91. The summed E-state index contributed by atoms with van der Waals surface area (Å²) in [5.41, 5.74) is 0.755. The van der Waals surface area contributed by atoms with Gasteiger partial charge in [0, 0.05) is 5.56 Å². The standard InChI is InChI=1S/C23H15ClN2O6/c1-31-22(29)13-7-9-18(24)16(11-13)19-10-8-15(32-19)12-17-20(27)25-23(30)26(21(17)28)14-5-3-2-4-6-14/h2-12H,1H3,(H,25,27,30)/b17-12+. The van der Waals surface area contributed by atoms with Crippen LogP contribution in [0, 0.1) is 0 Å². The van der Waals surface area contributed by atoms with E-state index in [1.165, 1.54) is 37.5 Å². The van der Waals surface area contributed by atoms with E-state index in [1.54, 1.807) is 36.4 Å². The van der Waals surface area contributed by atoms with Crippen molar-refractivity contribution >= 4 is 47.2 Å². The number of carbonyl (C=O) groups excluding carboxylic acids is 4. The predicted octanol–water partition coefficient (Wildman–Crippen LogP) is 4.05. The number of imide groups is 2. The van der Waals surface area contributed by atoms with E-state index in [1.807, 2.05) is 0 Å². The second-order valence-electron chi connectivity index (χ2n) is 6.68. The fraction of sp³-hybridized carbons (Fsp3) is 0.0435. The van der Waals surface area contributed by atoms with E-state index in [0.717, 1.165) is 4.90 Å². The maximum Gasteiger partial charge on any atom is 0.337 e. The Labute approximate surface area is 187 Å². The van der Waals surface area contributed by atoms with Gasteiger partial charge in [-0.25, -0.2) is 14.5 Å². The quantitative estimate of drug-likeness (QED) is 0.365. The number of carbonyl (C=O) groups is 4. The molecule has 0 aliphatic carbocycles. The van der Waals surface area contributed by atoms with E-state index in [4.69, 9.17) is 20.8 Å². The topological polar surface area (TPSA) is 106 Å². The number of hydrogen-bond donors (Lipinski definition) is 1. The van der Waals surface area contributed by atoms with Gasteiger partial charge in [-0.1, -0.05) is 29.8 Å². The first-order valence-corrected chi connectivity index (χ1v) is 9.71. The van der Waals surface area contributed by atoms with Crippen molar-refractivity contribution in [2.75, 3.05) is 12.0 Å². The summed E-state index contributed by atoms with van der Waals surface area (Å²) in [7, 11) is 1.27. The van der Waals surface area contributed by atoms with Gasteiger partial charge in [-0.15, -0.1) is 0 Å². The number of esters is 1. The van der Waals surface area contributed by atoms with E-state index in [0.29, 0.717) is 22.0 Å². The number of ether oxygens (including phenoxy) is 1. The zero-order chi connectivity index (χ0) is 22.8. The van der Waals surface area contributed by atoms with Crippen molar-refractivity contribution in [3.8, 4) is 11.3 Å². The molecule has 1 fully saturated rings. The minimum absolute atomic E-state index is 0.181. The molecule has 0 atom stereocenters. The van der Waals surface area contributed by atoms with E-state index >= 15 is 0 Å². The Morgan fingerprint density at radius 3 is 2.53 bits per heavy atom. The Morgan fingerprint density at radius 1 is 1.06 bits per heavy atom. The van der Waals surface area contributed by atoms with Crippen LogP contribution in [0.4, 0.5) is 10.5 Å². The summed E-state index contributed by atoms with van der Waals surface area (Å²) in [5.74, 6) is -1.66. The number of anilines is 1. The molecule has 1 aliphatic rings. The van der Waals surface area contributed by atoms with Gasteiger partial charge in [0.2, 0.25) is 0 Å². The first kappa shape index (κ1) is 21.1. The highest BCUT2D eigenvalue weighted by Crippen LogP contribution is 2.31. The summed E-state index contributed by atoms with van der Waals surface area (Å²) in [6.07, 6.45) is 1.24. The lowest BCUT2D eigenvalue weighted by Gasteiger charge is -2.26. The number of benzene rings is 2. The summed E-state index contributed by atoms with van der Waals surface area (Å²) < 4.78 is 10.5. The van der Waals surface area contributed by atoms with Gasteiger partial charge in [0.1, 0.15) is 17.1 Å². The third-order valence-electron chi connectivity index (χ3n) is 4.68. The van der Waals surface area contributed by atoms with Crippen LogP contribution in [0.5, 0.6) is 0 Å². The number of methoxy groups -OCH3 is 1. The molecule has 32 heavy (non-hydrogen) atoms. The van der Waals surface area contributed by atoms with Gasteiger partial charge in [-0.3, -0.25) is 14.9 Å². The summed E-state index contributed by atoms with van der Waals surface area (Å²) in [4.78, 5) is 50.1. The average Bonchev–Trinajstić information content (AvgIpc) is 3.25. The molecule has 1 aliphatic heterocycles. The van der Waals surface area contributed by atoms with Crippen molar-refractivity contribution < 1.29 is 28.3 Å². The molecule has 8 nitrogen and oxygen atoms in total. The van der Waals surface area contributed by atoms with Gasteiger partial charge >= 0.3 is 12.0 Å². The Kier molecular flexibility index (Phi) is 5.61. The molecule has 1 N–H and O–H groups in total. The monoisotopic (exact) mass is 450 g/mol. The second kappa shape index (κ2) is 8.52. The number of nitrogens with zero attached hydrogens (tertiary/aromatic N) is 1. The molecule has 3 aromatic rings. The Bertz CT molecular complexity index is 1280. The minimum Gasteiger partial charge on any atom is -0.465 e. The van der Waals surface area contributed by atoms with Crippen molar-refractivity contribution in [2.24, 2.45) is 0 Å². The summed E-state index contributed by atoms with van der Waals surface area (Å²) in [5, 5.41) is 2.48. The molecular formula is C23H15ClN2O6. The van der Waals surface area contributed by atoms with Crippen LogP contribution in [0.25, 0.3) is 17.4 Å². The summed E-state index contributed by atoms with van der Waals surface area (Å²) in [6, 6.07) is 15.1. The lowest BCUT2D eigenvalue weighted by Crippen LogP contribution is -2.54. The fourth-order valence-corrected chi connectivity index (χ4v) is 3.36. The molecule has 0 saturated carbocycles. The van der Waals surface area contributed by atoms with Crippen molar-refractivity contribution in [3.05, 3.63) is 82.6 Å². The van der Waals surface area contributed by atoms with Crippen LogP contribution in [0.3, 0.4) is 0 Å². The molecule has 2 aromatic carbocycles. The van der Waals surface area contributed by atoms with Crippen molar-refractivity contribution in [2.45, 2.75) is 0 Å². The number of rotatable bonds is 4. The van der Waals surface area contributed by atoms with Crippen molar-refractivity contribution in [1.29, 1.82) is 0 Å². The van der Waals surface area contributed by atoms with Gasteiger partial charge in [0.05, 0.1) is 23.4 Å². The third-order valence-corrected chi connectivity index (χ3v) is 5.01. The SMILES string of the molecule is COC(=O)c1ccc(Cl)c(-c2ccc(/C=C3\C(=O)NC(=O)N(c4ccccc4)C3=O)o2)c1. The van der Waals surface area contributed by atoms with Crippen LogP contribution < -0.4 is 10.2 Å². The molecule has 0 unspecified atom stereocenters. The van der Waals surface area contributed by atoms with E-state index < -0.39 is 23.8 Å². The lowest BCUT2D eigenvalue weighted by atomic mass is 10.1. The molecule has 0 radical (unpaired) electrons. The van der Waals surface area contributed by atoms with Crippen LogP contribution >= 0.6 is 11.6 Å². The van der Waals surface area contributed by atoms with Crippen molar-refractivity contribution in [3.63, 3.8) is 0 Å².